The van der Waals surface area contributed by atoms with Gasteiger partial charge in [0, 0.05) is 11.6 Å². The summed E-state index contributed by atoms with van der Waals surface area (Å²) in [5.41, 5.74) is 0.616. The number of halogens is 1. The lowest BCUT2D eigenvalue weighted by Crippen LogP contribution is -2.50. The molecule has 0 spiro atoms. The van der Waals surface area contributed by atoms with Crippen LogP contribution >= 0.6 is 15.9 Å². The second kappa shape index (κ2) is 8.31. The predicted molar refractivity (Wildman–Crippen MR) is 93.5 cm³/mol. The molecule has 1 rings (SSSR count). The van der Waals surface area contributed by atoms with Gasteiger partial charge >= 0.3 is 6.03 Å². The molecule has 3 N–H and O–H groups in total. The average molecular weight is 386 g/mol. The van der Waals surface area contributed by atoms with Crippen molar-refractivity contribution in [2.75, 3.05) is 13.7 Å². The van der Waals surface area contributed by atoms with Crippen LogP contribution in [0.3, 0.4) is 0 Å². The van der Waals surface area contributed by atoms with Crippen LogP contribution in [-0.4, -0.2) is 31.1 Å². The van der Waals surface area contributed by atoms with Crippen molar-refractivity contribution in [2.24, 2.45) is 0 Å². The van der Waals surface area contributed by atoms with E-state index in [-0.39, 0.29) is 24.0 Å². The van der Waals surface area contributed by atoms with Gasteiger partial charge < -0.3 is 15.4 Å². The third kappa shape index (κ3) is 7.00. The number of imide groups is 1. The van der Waals surface area contributed by atoms with E-state index in [9.17, 15) is 9.59 Å². The fraction of sp³-hybridized carbons (Fsp3) is 0.500. The quantitative estimate of drug-likeness (QED) is 0.727. The number of amides is 3. The largest absolute Gasteiger partial charge is 0.496 e. The molecule has 0 aliphatic carbocycles. The molecule has 1 aromatic carbocycles. The SMILES string of the molecule is COc1ccc([C@H](C)NCC(=O)NC(=O)NC(C)(C)C)cc1Br. The van der Waals surface area contributed by atoms with Gasteiger partial charge in [0.15, 0.2) is 0 Å². The first kappa shape index (κ1) is 19.4. The van der Waals surface area contributed by atoms with Gasteiger partial charge in [0.1, 0.15) is 5.75 Å². The Hall–Kier alpha value is -1.60. The molecule has 128 valence electrons. The van der Waals surface area contributed by atoms with Gasteiger partial charge in [-0.2, -0.15) is 0 Å². The zero-order valence-corrected chi connectivity index (χ0v) is 15.7. The summed E-state index contributed by atoms with van der Waals surface area (Å²) in [5.74, 6) is 0.365. The molecular formula is C16H24BrN3O3. The van der Waals surface area contributed by atoms with Crippen molar-refractivity contribution in [1.29, 1.82) is 0 Å². The zero-order valence-electron chi connectivity index (χ0n) is 14.1. The Labute approximate surface area is 145 Å². The van der Waals surface area contributed by atoms with Gasteiger partial charge in [-0.1, -0.05) is 6.07 Å². The molecule has 0 saturated heterocycles. The Kier molecular flexibility index (Phi) is 7.02. The van der Waals surface area contributed by atoms with Crippen molar-refractivity contribution < 1.29 is 14.3 Å². The summed E-state index contributed by atoms with van der Waals surface area (Å²) in [5, 5.41) is 8.04. The van der Waals surface area contributed by atoms with Crippen LogP contribution in [0.2, 0.25) is 0 Å². The van der Waals surface area contributed by atoms with Crippen molar-refractivity contribution in [3.63, 3.8) is 0 Å². The van der Waals surface area contributed by atoms with Crippen molar-refractivity contribution in [3.05, 3.63) is 28.2 Å². The Morgan fingerprint density at radius 3 is 2.48 bits per heavy atom. The summed E-state index contributed by atoms with van der Waals surface area (Å²) in [7, 11) is 1.61. The minimum Gasteiger partial charge on any atom is -0.496 e. The third-order valence-corrected chi connectivity index (χ3v) is 3.61. The summed E-state index contributed by atoms with van der Waals surface area (Å²) < 4.78 is 6.03. The van der Waals surface area contributed by atoms with Crippen molar-refractivity contribution in [1.82, 2.24) is 16.0 Å². The molecule has 0 radical (unpaired) electrons. The van der Waals surface area contributed by atoms with Crippen LogP contribution < -0.4 is 20.7 Å². The number of hydrogen-bond donors (Lipinski definition) is 3. The Balaban J connectivity index is 2.49. The van der Waals surface area contributed by atoms with E-state index in [0.29, 0.717) is 0 Å². The summed E-state index contributed by atoms with van der Waals surface area (Å²) in [6.07, 6.45) is 0. The first-order chi connectivity index (χ1) is 10.6. The fourth-order valence-electron chi connectivity index (χ4n) is 1.86. The monoisotopic (exact) mass is 385 g/mol. The average Bonchev–Trinajstić information content (AvgIpc) is 2.42. The second-order valence-electron chi connectivity index (χ2n) is 6.25. The highest BCUT2D eigenvalue weighted by atomic mass is 79.9. The van der Waals surface area contributed by atoms with Crippen LogP contribution in [0.4, 0.5) is 4.79 Å². The Morgan fingerprint density at radius 1 is 1.30 bits per heavy atom. The molecule has 7 heteroatoms. The molecular weight excluding hydrogens is 362 g/mol. The maximum atomic E-state index is 11.8. The number of methoxy groups -OCH3 is 1. The molecule has 0 fully saturated rings. The van der Waals surface area contributed by atoms with Crippen LogP contribution in [0.1, 0.15) is 39.3 Å². The normalized spacial score (nSPS) is 12.4. The lowest BCUT2D eigenvalue weighted by atomic mass is 10.1. The van der Waals surface area contributed by atoms with Gasteiger partial charge in [-0.25, -0.2) is 4.79 Å². The van der Waals surface area contributed by atoms with Gasteiger partial charge in [0.05, 0.1) is 18.1 Å². The zero-order chi connectivity index (χ0) is 17.6. The van der Waals surface area contributed by atoms with E-state index in [2.05, 4.69) is 31.9 Å². The van der Waals surface area contributed by atoms with E-state index < -0.39 is 6.03 Å². The lowest BCUT2D eigenvalue weighted by molar-refractivity contribution is -0.119. The molecule has 0 heterocycles. The molecule has 0 saturated carbocycles. The predicted octanol–water partition coefficient (Wildman–Crippen LogP) is 2.73. The number of urea groups is 1. The molecule has 0 aromatic heterocycles. The fourth-order valence-corrected chi connectivity index (χ4v) is 2.42. The maximum absolute atomic E-state index is 11.8. The summed E-state index contributed by atoms with van der Waals surface area (Å²) >= 11 is 3.43. The van der Waals surface area contributed by atoms with Gasteiger partial charge in [-0.15, -0.1) is 0 Å². The van der Waals surface area contributed by atoms with E-state index in [1.54, 1.807) is 7.11 Å². The highest BCUT2D eigenvalue weighted by Gasteiger charge is 2.16. The van der Waals surface area contributed by atoms with Crippen LogP contribution in [0.5, 0.6) is 5.75 Å². The van der Waals surface area contributed by atoms with Crippen molar-refractivity contribution in [2.45, 2.75) is 39.3 Å². The number of ether oxygens (including phenoxy) is 1. The third-order valence-electron chi connectivity index (χ3n) is 2.99. The number of carbonyl (C=O) groups is 2. The van der Waals surface area contributed by atoms with E-state index >= 15 is 0 Å². The van der Waals surface area contributed by atoms with E-state index in [4.69, 9.17) is 4.74 Å². The number of carbonyl (C=O) groups excluding carboxylic acids is 2. The minimum atomic E-state index is -0.496. The van der Waals surface area contributed by atoms with Gasteiger partial charge in [-0.3, -0.25) is 10.1 Å². The van der Waals surface area contributed by atoms with Crippen molar-refractivity contribution >= 4 is 27.9 Å². The van der Waals surface area contributed by atoms with Crippen LogP contribution in [0.15, 0.2) is 22.7 Å². The number of rotatable bonds is 5. The van der Waals surface area contributed by atoms with Crippen molar-refractivity contribution in [3.8, 4) is 5.75 Å². The lowest BCUT2D eigenvalue weighted by Gasteiger charge is -2.20. The minimum absolute atomic E-state index is 0.0440. The highest BCUT2D eigenvalue weighted by Crippen LogP contribution is 2.27. The van der Waals surface area contributed by atoms with Gasteiger partial charge in [0.25, 0.3) is 0 Å². The molecule has 0 aliphatic heterocycles. The molecule has 1 aromatic rings. The molecule has 6 nitrogen and oxygen atoms in total. The molecule has 1 atom stereocenters. The highest BCUT2D eigenvalue weighted by molar-refractivity contribution is 9.10. The van der Waals surface area contributed by atoms with Crippen LogP contribution in [0, 0.1) is 0 Å². The first-order valence-corrected chi connectivity index (χ1v) is 8.10. The van der Waals surface area contributed by atoms with Gasteiger partial charge in [0.2, 0.25) is 5.91 Å². The maximum Gasteiger partial charge on any atom is 0.321 e. The molecule has 0 bridgehead atoms. The topological polar surface area (TPSA) is 79.5 Å². The first-order valence-electron chi connectivity index (χ1n) is 7.31. The summed E-state index contributed by atoms with van der Waals surface area (Å²) in [4.78, 5) is 23.4. The van der Waals surface area contributed by atoms with E-state index in [1.807, 2.05) is 45.9 Å². The Morgan fingerprint density at radius 2 is 1.96 bits per heavy atom. The van der Waals surface area contributed by atoms with Crippen LogP contribution in [0.25, 0.3) is 0 Å². The summed E-state index contributed by atoms with van der Waals surface area (Å²) in [6, 6.07) is 5.17. The second-order valence-corrected chi connectivity index (χ2v) is 7.10. The Bertz CT molecular complexity index is 570. The van der Waals surface area contributed by atoms with E-state index in [1.165, 1.54) is 0 Å². The smallest absolute Gasteiger partial charge is 0.321 e. The summed E-state index contributed by atoms with van der Waals surface area (Å²) in [6.45, 7) is 7.52. The number of hydrogen-bond acceptors (Lipinski definition) is 4. The molecule has 0 aliphatic rings. The molecule has 0 unspecified atom stereocenters. The van der Waals surface area contributed by atoms with Crippen LogP contribution in [-0.2, 0) is 4.79 Å². The molecule has 3 amide bonds. The number of benzene rings is 1. The standard InChI is InChI=1S/C16H24BrN3O3/c1-10(11-6-7-13(23-5)12(17)8-11)18-9-14(21)19-15(22)20-16(2,3)4/h6-8,10,18H,9H2,1-5H3,(H2,19,20,21,22)/t10-/m0/s1. The molecule has 23 heavy (non-hydrogen) atoms. The van der Waals surface area contributed by atoms with E-state index in [0.717, 1.165) is 15.8 Å². The number of nitrogens with one attached hydrogen (secondary N) is 3. The van der Waals surface area contributed by atoms with Gasteiger partial charge in [-0.05, 0) is 61.3 Å².